The van der Waals surface area contributed by atoms with Crippen LogP contribution in [0, 0.1) is 0 Å². The predicted molar refractivity (Wildman–Crippen MR) is 91.4 cm³/mol. The molecular formula is C21H20O. The second kappa shape index (κ2) is 7.46. The van der Waals surface area contributed by atoms with E-state index in [1.54, 1.807) is 0 Å². The van der Waals surface area contributed by atoms with Gasteiger partial charge in [0.1, 0.15) is 11.5 Å². The zero-order chi connectivity index (χ0) is 15.0. The molecule has 0 aliphatic rings. The van der Waals surface area contributed by atoms with E-state index in [0.717, 1.165) is 30.8 Å². The molecule has 1 nitrogen and oxygen atoms in total. The number of aryl methyl sites for hydroxylation is 2. The second-order valence-electron chi connectivity index (χ2n) is 5.40. The van der Waals surface area contributed by atoms with Crippen molar-refractivity contribution in [1.82, 2.24) is 0 Å². The predicted octanol–water partition coefficient (Wildman–Crippen LogP) is 5.65. The van der Waals surface area contributed by atoms with Crippen molar-refractivity contribution in [2.24, 2.45) is 0 Å². The van der Waals surface area contributed by atoms with E-state index in [1.165, 1.54) is 11.1 Å². The van der Waals surface area contributed by atoms with Crippen LogP contribution in [0.1, 0.15) is 17.5 Å². The van der Waals surface area contributed by atoms with Crippen LogP contribution in [0.3, 0.4) is 0 Å². The van der Waals surface area contributed by atoms with Crippen LogP contribution < -0.4 is 4.74 Å². The summed E-state index contributed by atoms with van der Waals surface area (Å²) in [5.41, 5.74) is 2.73. The van der Waals surface area contributed by atoms with Crippen molar-refractivity contribution in [3.05, 3.63) is 96.1 Å². The number of hydrogen-bond acceptors (Lipinski definition) is 1. The van der Waals surface area contributed by atoms with Crippen molar-refractivity contribution in [2.45, 2.75) is 19.3 Å². The first kappa shape index (κ1) is 14.4. The van der Waals surface area contributed by atoms with Gasteiger partial charge in [0, 0.05) is 0 Å². The minimum atomic E-state index is 0.879. The lowest BCUT2D eigenvalue weighted by molar-refractivity contribution is 0.482. The lowest BCUT2D eigenvalue weighted by Gasteiger charge is -2.08. The Bertz CT molecular complexity index is 689. The molecule has 0 aliphatic carbocycles. The lowest BCUT2D eigenvalue weighted by atomic mass is 10.0. The Morgan fingerprint density at radius 1 is 0.545 bits per heavy atom. The van der Waals surface area contributed by atoms with E-state index in [0.29, 0.717) is 0 Å². The summed E-state index contributed by atoms with van der Waals surface area (Å²) in [5, 5.41) is 0. The first-order valence-corrected chi connectivity index (χ1v) is 7.76. The van der Waals surface area contributed by atoms with Crippen LogP contribution in [0.5, 0.6) is 11.5 Å². The van der Waals surface area contributed by atoms with Gasteiger partial charge >= 0.3 is 0 Å². The van der Waals surface area contributed by atoms with Crippen LogP contribution in [-0.2, 0) is 12.8 Å². The fourth-order valence-electron chi connectivity index (χ4n) is 2.53. The molecule has 3 aromatic rings. The van der Waals surface area contributed by atoms with E-state index in [2.05, 4.69) is 48.5 Å². The molecular weight excluding hydrogens is 268 g/mol. The van der Waals surface area contributed by atoms with E-state index in [1.807, 2.05) is 36.4 Å². The third kappa shape index (κ3) is 4.23. The Balaban J connectivity index is 1.57. The van der Waals surface area contributed by atoms with Crippen molar-refractivity contribution in [3.63, 3.8) is 0 Å². The van der Waals surface area contributed by atoms with Crippen LogP contribution in [-0.4, -0.2) is 0 Å². The SMILES string of the molecule is c1ccc(CCCc2cccc(Oc3ccccc3)c2)cc1. The minimum Gasteiger partial charge on any atom is -0.457 e. The third-order valence-electron chi connectivity index (χ3n) is 3.65. The average molecular weight is 288 g/mol. The summed E-state index contributed by atoms with van der Waals surface area (Å²) < 4.78 is 5.88. The monoisotopic (exact) mass is 288 g/mol. The first-order chi connectivity index (χ1) is 10.9. The van der Waals surface area contributed by atoms with E-state index >= 15 is 0 Å². The Hall–Kier alpha value is -2.54. The highest BCUT2D eigenvalue weighted by molar-refractivity contribution is 5.34. The summed E-state index contributed by atoms with van der Waals surface area (Å²) in [6, 6.07) is 28.9. The summed E-state index contributed by atoms with van der Waals surface area (Å²) in [6.45, 7) is 0. The zero-order valence-corrected chi connectivity index (χ0v) is 12.6. The minimum absolute atomic E-state index is 0.879. The molecule has 0 N–H and O–H groups in total. The molecule has 0 radical (unpaired) electrons. The van der Waals surface area contributed by atoms with Gasteiger partial charge in [-0.05, 0) is 54.7 Å². The quantitative estimate of drug-likeness (QED) is 0.569. The number of benzene rings is 3. The molecule has 3 rings (SSSR count). The molecule has 0 unspecified atom stereocenters. The maximum Gasteiger partial charge on any atom is 0.127 e. The topological polar surface area (TPSA) is 9.23 Å². The standard InChI is InChI=1S/C21H20O/c1-3-9-18(10-4-1)11-7-12-19-13-8-16-21(17-19)22-20-14-5-2-6-15-20/h1-6,8-10,13-17H,7,11-12H2. The van der Waals surface area contributed by atoms with Crippen molar-refractivity contribution < 1.29 is 4.74 Å². The van der Waals surface area contributed by atoms with Gasteiger partial charge in [-0.15, -0.1) is 0 Å². The molecule has 0 aliphatic heterocycles. The van der Waals surface area contributed by atoms with Crippen molar-refractivity contribution in [2.75, 3.05) is 0 Å². The number of para-hydroxylation sites is 1. The molecule has 0 aromatic heterocycles. The largest absolute Gasteiger partial charge is 0.457 e. The van der Waals surface area contributed by atoms with E-state index in [4.69, 9.17) is 4.74 Å². The fourth-order valence-corrected chi connectivity index (χ4v) is 2.53. The summed E-state index contributed by atoms with van der Waals surface area (Å²) in [5.74, 6) is 1.78. The number of hydrogen-bond donors (Lipinski definition) is 0. The Kier molecular flexibility index (Phi) is 4.88. The van der Waals surface area contributed by atoms with E-state index in [9.17, 15) is 0 Å². The van der Waals surface area contributed by atoms with Gasteiger partial charge in [0.05, 0.1) is 0 Å². The van der Waals surface area contributed by atoms with Crippen molar-refractivity contribution in [1.29, 1.82) is 0 Å². The molecule has 0 saturated carbocycles. The number of ether oxygens (including phenoxy) is 1. The van der Waals surface area contributed by atoms with Gasteiger partial charge in [-0.2, -0.15) is 0 Å². The summed E-state index contributed by atoms with van der Waals surface area (Å²) in [4.78, 5) is 0. The maximum absolute atomic E-state index is 5.88. The molecule has 3 aromatic carbocycles. The molecule has 22 heavy (non-hydrogen) atoms. The van der Waals surface area contributed by atoms with Gasteiger partial charge in [0.15, 0.2) is 0 Å². The van der Waals surface area contributed by atoms with Crippen LogP contribution in [0.4, 0.5) is 0 Å². The summed E-state index contributed by atoms with van der Waals surface area (Å²) >= 11 is 0. The molecule has 0 bridgehead atoms. The van der Waals surface area contributed by atoms with Crippen LogP contribution in [0.15, 0.2) is 84.9 Å². The Labute approximate surface area is 132 Å². The molecule has 1 heteroatoms. The van der Waals surface area contributed by atoms with Gasteiger partial charge < -0.3 is 4.74 Å². The second-order valence-corrected chi connectivity index (χ2v) is 5.40. The van der Waals surface area contributed by atoms with Crippen LogP contribution in [0.2, 0.25) is 0 Å². The lowest BCUT2D eigenvalue weighted by Crippen LogP contribution is -1.91. The van der Waals surface area contributed by atoms with Gasteiger partial charge in [-0.1, -0.05) is 60.7 Å². The van der Waals surface area contributed by atoms with Crippen molar-refractivity contribution >= 4 is 0 Å². The highest BCUT2D eigenvalue weighted by Gasteiger charge is 2.00. The van der Waals surface area contributed by atoms with Crippen LogP contribution in [0.25, 0.3) is 0 Å². The average Bonchev–Trinajstić information content (AvgIpc) is 2.57. The summed E-state index contributed by atoms with van der Waals surface area (Å²) in [6.07, 6.45) is 3.34. The Morgan fingerprint density at radius 3 is 1.91 bits per heavy atom. The van der Waals surface area contributed by atoms with Gasteiger partial charge in [-0.25, -0.2) is 0 Å². The van der Waals surface area contributed by atoms with Gasteiger partial charge in [-0.3, -0.25) is 0 Å². The number of rotatable bonds is 6. The molecule has 0 fully saturated rings. The highest BCUT2D eigenvalue weighted by atomic mass is 16.5. The van der Waals surface area contributed by atoms with Crippen molar-refractivity contribution in [3.8, 4) is 11.5 Å². The normalized spacial score (nSPS) is 10.4. The fraction of sp³-hybridized carbons (Fsp3) is 0.143. The molecule has 110 valence electrons. The highest BCUT2D eigenvalue weighted by Crippen LogP contribution is 2.22. The zero-order valence-electron chi connectivity index (χ0n) is 12.6. The van der Waals surface area contributed by atoms with E-state index < -0.39 is 0 Å². The van der Waals surface area contributed by atoms with E-state index in [-0.39, 0.29) is 0 Å². The summed E-state index contributed by atoms with van der Waals surface area (Å²) in [7, 11) is 0. The molecule has 0 spiro atoms. The first-order valence-electron chi connectivity index (χ1n) is 7.76. The molecule has 0 amide bonds. The molecule has 0 heterocycles. The molecule has 0 atom stereocenters. The van der Waals surface area contributed by atoms with Gasteiger partial charge in [0.25, 0.3) is 0 Å². The smallest absolute Gasteiger partial charge is 0.127 e. The Morgan fingerprint density at radius 2 is 1.14 bits per heavy atom. The maximum atomic E-state index is 5.88. The molecule has 0 saturated heterocycles. The van der Waals surface area contributed by atoms with Gasteiger partial charge in [0.2, 0.25) is 0 Å². The third-order valence-corrected chi connectivity index (χ3v) is 3.65. The van der Waals surface area contributed by atoms with Crippen LogP contribution >= 0.6 is 0 Å².